The maximum Gasteiger partial charge on any atom is 0.280 e. The molecule has 0 spiro atoms. The van der Waals surface area contributed by atoms with Crippen molar-refractivity contribution in [2.75, 3.05) is 5.73 Å². The van der Waals surface area contributed by atoms with Gasteiger partial charge in [0.1, 0.15) is 0 Å². The summed E-state index contributed by atoms with van der Waals surface area (Å²) in [5, 5.41) is 21.4. The summed E-state index contributed by atoms with van der Waals surface area (Å²) >= 11 is 0. The predicted octanol–water partition coefficient (Wildman–Crippen LogP) is 0.985. The molecule has 0 radical (unpaired) electrons. The molecule has 13 heavy (non-hydrogen) atoms. The zero-order chi connectivity index (χ0) is 9.84. The van der Waals surface area contributed by atoms with Gasteiger partial charge in [-0.2, -0.15) is 0 Å². The van der Waals surface area contributed by atoms with Crippen LogP contribution in [-0.2, 0) is 0 Å². The van der Waals surface area contributed by atoms with Crippen LogP contribution in [0.1, 0.15) is 5.56 Å². The van der Waals surface area contributed by atoms with Crippen LogP contribution in [0, 0.1) is 10.1 Å². The summed E-state index contributed by atoms with van der Waals surface area (Å²) in [4.78, 5) is 9.87. The van der Waals surface area contributed by atoms with E-state index in [-0.39, 0.29) is 11.3 Å². The van der Waals surface area contributed by atoms with E-state index in [0.29, 0.717) is 5.69 Å². The lowest BCUT2D eigenvalue weighted by Gasteiger charge is -1.97. The number of oxime groups is 1. The van der Waals surface area contributed by atoms with E-state index in [1.165, 1.54) is 18.2 Å². The van der Waals surface area contributed by atoms with E-state index in [4.69, 9.17) is 10.9 Å². The van der Waals surface area contributed by atoms with Crippen LogP contribution in [0.15, 0.2) is 23.4 Å². The number of hydrogen-bond donors (Lipinski definition) is 2. The molecule has 0 fully saturated rings. The third kappa shape index (κ3) is 1.92. The number of nitrogen functional groups attached to an aromatic ring is 1. The van der Waals surface area contributed by atoms with Crippen molar-refractivity contribution < 1.29 is 10.1 Å². The normalized spacial score (nSPS) is 10.5. The number of rotatable bonds is 2. The third-order valence-corrected chi connectivity index (χ3v) is 1.45. The minimum Gasteiger partial charge on any atom is -0.411 e. The highest BCUT2D eigenvalue weighted by molar-refractivity contribution is 5.85. The van der Waals surface area contributed by atoms with Crippen LogP contribution < -0.4 is 5.73 Å². The van der Waals surface area contributed by atoms with Crippen LogP contribution in [0.25, 0.3) is 0 Å². The molecule has 0 amide bonds. The van der Waals surface area contributed by atoms with Crippen molar-refractivity contribution in [3.63, 3.8) is 0 Å². The first-order chi connectivity index (χ1) is 6.15. The molecule has 1 aromatic rings. The van der Waals surface area contributed by atoms with Gasteiger partial charge in [-0.15, -0.1) is 0 Å². The number of nitrogens with two attached hydrogens (primary N) is 1. The van der Waals surface area contributed by atoms with Gasteiger partial charge in [-0.1, -0.05) is 5.16 Å². The Hall–Kier alpha value is -2.11. The number of nitro benzene ring substituents is 1. The second kappa shape index (κ2) is 3.53. The van der Waals surface area contributed by atoms with E-state index in [9.17, 15) is 10.1 Å². The van der Waals surface area contributed by atoms with E-state index >= 15 is 0 Å². The lowest BCUT2D eigenvalue weighted by atomic mass is 10.2. The molecule has 0 bridgehead atoms. The molecule has 0 aliphatic heterocycles. The summed E-state index contributed by atoms with van der Waals surface area (Å²) < 4.78 is 0. The SMILES string of the molecule is Nc1ccc(/C=N/O)c([N+](=O)[O-])c1. The van der Waals surface area contributed by atoms with E-state index < -0.39 is 4.92 Å². The molecule has 0 aliphatic carbocycles. The van der Waals surface area contributed by atoms with Gasteiger partial charge in [-0.05, 0) is 12.1 Å². The predicted molar refractivity (Wildman–Crippen MR) is 46.9 cm³/mol. The first-order valence-electron chi connectivity index (χ1n) is 3.36. The molecule has 0 atom stereocenters. The van der Waals surface area contributed by atoms with Gasteiger partial charge >= 0.3 is 0 Å². The Morgan fingerprint density at radius 2 is 2.31 bits per heavy atom. The minimum absolute atomic E-state index is 0.183. The van der Waals surface area contributed by atoms with Crippen molar-refractivity contribution in [2.24, 2.45) is 5.16 Å². The van der Waals surface area contributed by atoms with Crippen molar-refractivity contribution >= 4 is 17.6 Å². The molecule has 6 nitrogen and oxygen atoms in total. The average molecular weight is 181 g/mol. The van der Waals surface area contributed by atoms with E-state index in [2.05, 4.69) is 5.16 Å². The highest BCUT2D eigenvalue weighted by atomic mass is 16.6. The Balaban J connectivity index is 3.26. The van der Waals surface area contributed by atoms with Gasteiger partial charge in [0.05, 0.1) is 16.7 Å². The molecule has 0 unspecified atom stereocenters. The summed E-state index contributed by atoms with van der Waals surface area (Å²) in [5.41, 5.74) is 5.67. The van der Waals surface area contributed by atoms with E-state index in [0.717, 1.165) is 6.21 Å². The summed E-state index contributed by atoms with van der Waals surface area (Å²) in [6.07, 6.45) is 0.984. The number of nitrogens with zero attached hydrogens (tertiary/aromatic N) is 2. The topological polar surface area (TPSA) is 102 Å². The van der Waals surface area contributed by atoms with Crippen LogP contribution >= 0.6 is 0 Å². The molecular formula is C7H7N3O3. The lowest BCUT2D eigenvalue weighted by molar-refractivity contribution is -0.384. The van der Waals surface area contributed by atoms with E-state index in [1.807, 2.05) is 0 Å². The quantitative estimate of drug-likeness (QED) is 0.233. The highest BCUT2D eigenvalue weighted by Gasteiger charge is 2.11. The van der Waals surface area contributed by atoms with Gasteiger partial charge in [0.2, 0.25) is 0 Å². The molecule has 0 aliphatic rings. The smallest absolute Gasteiger partial charge is 0.280 e. The molecule has 68 valence electrons. The fourth-order valence-corrected chi connectivity index (χ4v) is 0.890. The average Bonchev–Trinajstić information content (AvgIpc) is 2.08. The largest absolute Gasteiger partial charge is 0.411 e. The fraction of sp³-hybridized carbons (Fsp3) is 0. The maximum atomic E-state index is 10.5. The van der Waals surface area contributed by atoms with Crippen LogP contribution in [0.3, 0.4) is 0 Å². The number of anilines is 1. The van der Waals surface area contributed by atoms with Crippen LogP contribution in [0.2, 0.25) is 0 Å². The summed E-state index contributed by atoms with van der Waals surface area (Å²) in [6, 6.07) is 4.11. The second-order valence-electron chi connectivity index (χ2n) is 2.32. The lowest BCUT2D eigenvalue weighted by Crippen LogP contribution is -1.96. The standard InChI is InChI=1S/C7H7N3O3/c8-6-2-1-5(4-9-11)7(3-6)10(12)13/h1-4,11H,8H2/b9-4+. The molecule has 0 saturated heterocycles. The van der Waals surface area contributed by atoms with Gasteiger partial charge in [0.15, 0.2) is 0 Å². The molecular weight excluding hydrogens is 174 g/mol. The van der Waals surface area contributed by atoms with Crippen molar-refractivity contribution in [2.45, 2.75) is 0 Å². The van der Waals surface area contributed by atoms with Crippen molar-refractivity contribution in [1.82, 2.24) is 0 Å². The third-order valence-electron chi connectivity index (χ3n) is 1.45. The second-order valence-corrected chi connectivity index (χ2v) is 2.32. The summed E-state index contributed by atoms with van der Waals surface area (Å²) in [7, 11) is 0. The van der Waals surface area contributed by atoms with Crippen LogP contribution in [0.5, 0.6) is 0 Å². The minimum atomic E-state index is -0.590. The fourth-order valence-electron chi connectivity index (χ4n) is 0.890. The van der Waals surface area contributed by atoms with Crippen molar-refractivity contribution in [3.8, 4) is 0 Å². The Bertz CT molecular complexity index is 362. The van der Waals surface area contributed by atoms with Crippen molar-refractivity contribution in [3.05, 3.63) is 33.9 Å². The first kappa shape index (κ1) is 8.98. The van der Waals surface area contributed by atoms with Crippen LogP contribution in [0.4, 0.5) is 11.4 Å². The van der Waals surface area contributed by atoms with Gasteiger partial charge in [-0.3, -0.25) is 10.1 Å². The highest BCUT2D eigenvalue weighted by Crippen LogP contribution is 2.19. The van der Waals surface area contributed by atoms with E-state index in [1.54, 1.807) is 0 Å². The number of benzene rings is 1. The van der Waals surface area contributed by atoms with Gasteiger partial charge < -0.3 is 10.9 Å². The number of nitro groups is 1. The molecule has 0 saturated carbocycles. The van der Waals surface area contributed by atoms with Crippen molar-refractivity contribution in [1.29, 1.82) is 0 Å². The maximum absolute atomic E-state index is 10.5. The Labute approximate surface area is 73.4 Å². The van der Waals surface area contributed by atoms with Gasteiger partial charge in [-0.25, -0.2) is 0 Å². The first-order valence-corrected chi connectivity index (χ1v) is 3.36. The summed E-state index contributed by atoms with van der Waals surface area (Å²) in [5.74, 6) is 0. The zero-order valence-electron chi connectivity index (χ0n) is 6.54. The molecule has 0 heterocycles. The molecule has 1 rings (SSSR count). The Morgan fingerprint density at radius 1 is 1.62 bits per heavy atom. The van der Waals surface area contributed by atoms with Gasteiger partial charge in [0, 0.05) is 11.8 Å². The van der Waals surface area contributed by atoms with Crippen LogP contribution in [-0.4, -0.2) is 16.3 Å². The summed E-state index contributed by atoms with van der Waals surface area (Å²) in [6.45, 7) is 0. The monoisotopic (exact) mass is 181 g/mol. The Morgan fingerprint density at radius 3 is 2.85 bits per heavy atom. The zero-order valence-corrected chi connectivity index (χ0v) is 6.54. The molecule has 0 aromatic heterocycles. The Kier molecular flexibility index (Phi) is 2.44. The van der Waals surface area contributed by atoms with Gasteiger partial charge in [0.25, 0.3) is 5.69 Å². The molecule has 3 N–H and O–H groups in total. The number of hydrogen-bond acceptors (Lipinski definition) is 5. The molecule has 1 aromatic carbocycles. The molecule has 6 heteroatoms.